The van der Waals surface area contributed by atoms with Gasteiger partial charge in [-0.15, -0.1) is 12.4 Å². The van der Waals surface area contributed by atoms with Crippen molar-refractivity contribution in [3.63, 3.8) is 0 Å². The van der Waals surface area contributed by atoms with Gasteiger partial charge in [-0.3, -0.25) is 0 Å². The normalized spacial score (nSPS) is 14.3. The van der Waals surface area contributed by atoms with Crippen molar-refractivity contribution in [2.24, 2.45) is 5.73 Å². The number of rotatable bonds is 2. The summed E-state index contributed by atoms with van der Waals surface area (Å²) < 4.78 is 0.584. The summed E-state index contributed by atoms with van der Waals surface area (Å²) in [5.74, 6) is 0.168. The van der Waals surface area contributed by atoms with E-state index in [9.17, 15) is 10.2 Å². The number of phenols is 1. The first kappa shape index (κ1) is 13.7. The lowest BCUT2D eigenvalue weighted by atomic mass is 10.0. The molecule has 0 saturated heterocycles. The molecular weight excluding hydrogens is 269 g/mol. The lowest BCUT2D eigenvalue weighted by Gasteiger charge is -2.15. The van der Waals surface area contributed by atoms with E-state index in [1.54, 1.807) is 25.1 Å². The molecule has 0 spiro atoms. The van der Waals surface area contributed by atoms with E-state index in [4.69, 9.17) is 5.73 Å². The average Bonchev–Trinajstić information content (AvgIpc) is 2.08. The number of aliphatic hydroxyl groups is 1. The second kappa shape index (κ2) is 5.56. The molecule has 0 aliphatic carbocycles. The van der Waals surface area contributed by atoms with Gasteiger partial charge in [-0.05, 0) is 40.5 Å². The smallest absolute Gasteiger partial charge is 0.129 e. The van der Waals surface area contributed by atoms with E-state index in [2.05, 4.69) is 15.9 Å². The first-order chi connectivity index (χ1) is 6.02. The van der Waals surface area contributed by atoms with Crippen LogP contribution >= 0.6 is 28.3 Å². The number of hydrogen-bond donors (Lipinski definition) is 3. The highest BCUT2D eigenvalue weighted by Gasteiger charge is 2.12. The maximum Gasteiger partial charge on any atom is 0.129 e. The molecule has 0 radical (unpaired) electrons. The van der Waals surface area contributed by atoms with Crippen molar-refractivity contribution >= 4 is 28.3 Å². The molecule has 1 rings (SSSR count). The number of halogens is 2. The molecule has 0 saturated carbocycles. The third-order valence-electron chi connectivity index (χ3n) is 1.88. The number of aliphatic hydroxyl groups excluding tert-OH is 1. The van der Waals surface area contributed by atoms with Crippen molar-refractivity contribution < 1.29 is 10.2 Å². The van der Waals surface area contributed by atoms with E-state index in [1.807, 2.05) is 0 Å². The lowest BCUT2D eigenvalue weighted by molar-refractivity contribution is 0.164. The Hall–Kier alpha value is -0.290. The molecule has 0 fully saturated rings. The minimum absolute atomic E-state index is 0. The van der Waals surface area contributed by atoms with Crippen LogP contribution in [0.15, 0.2) is 22.7 Å². The first-order valence-corrected chi connectivity index (χ1v) is 4.73. The van der Waals surface area contributed by atoms with Gasteiger partial charge in [-0.2, -0.15) is 0 Å². The Balaban J connectivity index is 0.00000169. The van der Waals surface area contributed by atoms with Crippen molar-refractivity contribution in [2.45, 2.75) is 19.1 Å². The number of aromatic hydroxyl groups is 1. The minimum atomic E-state index is -0.601. The summed E-state index contributed by atoms with van der Waals surface area (Å²) in [6.07, 6.45) is -0.601. The fourth-order valence-corrected chi connectivity index (χ4v) is 1.41. The topological polar surface area (TPSA) is 66.5 Å². The zero-order valence-electron chi connectivity index (χ0n) is 7.64. The fraction of sp³-hybridized carbons (Fsp3) is 0.333. The number of hydrogen-bond acceptors (Lipinski definition) is 3. The molecule has 0 aliphatic heterocycles. The zero-order valence-corrected chi connectivity index (χ0v) is 10.0. The molecule has 0 heterocycles. The maximum absolute atomic E-state index is 9.23. The molecular formula is C9H13BrClNO2. The van der Waals surface area contributed by atoms with Crippen molar-refractivity contribution in [2.75, 3.05) is 0 Å². The van der Waals surface area contributed by atoms with Gasteiger partial charge >= 0.3 is 0 Å². The minimum Gasteiger partial charge on any atom is -0.507 e. The zero-order chi connectivity index (χ0) is 10.0. The van der Waals surface area contributed by atoms with Gasteiger partial charge in [0.25, 0.3) is 0 Å². The number of nitrogens with two attached hydrogens (primary N) is 1. The Labute approximate surface area is 97.5 Å². The molecule has 80 valence electrons. The summed E-state index contributed by atoms with van der Waals surface area (Å²) in [4.78, 5) is 0. The van der Waals surface area contributed by atoms with Crippen LogP contribution in [0.25, 0.3) is 0 Å². The molecule has 0 bridgehead atoms. The van der Waals surface area contributed by atoms with Crippen LogP contribution in [0.3, 0.4) is 0 Å². The summed E-state index contributed by atoms with van der Waals surface area (Å²) >= 11 is 3.18. The van der Waals surface area contributed by atoms with E-state index in [0.717, 1.165) is 5.56 Å². The summed E-state index contributed by atoms with van der Waals surface area (Å²) in [7, 11) is 0. The summed E-state index contributed by atoms with van der Waals surface area (Å²) in [6, 6.07) is 4.52. The predicted molar refractivity (Wildman–Crippen MR) is 61.7 cm³/mol. The number of benzene rings is 1. The van der Waals surface area contributed by atoms with Gasteiger partial charge in [0.1, 0.15) is 5.75 Å². The van der Waals surface area contributed by atoms with E-state index < -0.39 is 12.1 Å². The van der Waals surface area contributed by atoms with Gasteiger partial charge in [0.2, 0.25) is 0 Å². The summed E-state index contributed by atoms with van der Waals surface area (Å²) in [6.45, 7) is 1.63. The molecule has 0 amide bonds. The maximum atomic E-state index is 9.23. The molecule has 0 aliphatic rings. The third kappa shape index (κ3) is 3.13. The number of phenolic OH excluding ortho intramolecular Hbond substituents is 1. The third-order valence-corrected chi connectivity index (χ3v) is 2.51. The van der Waals surface area contributed by atoms with Crippen LogP contribution in [0, 0.1) is 0 Å². The molecule has 1 aromatic carbocycles. The van der Waals surface area contributed by atoms with Gasteiger partial charge < -0.3 is 15.9 Å². The van der Waals surface area contributed by atoms with E-state index in [-0.39, 0.29) is 18.2 Å². The Bertz CT molecular complexity index is 307. The highest BCUT2D eigenvalue weighted by molar-refractivity contribution is 9.10. The van der Waals surface area contributed by atoms with Gasteiger partial charge in [0.15, 0.2) is 0 Å². The van der Waals surface area contributed by atoms with Crippen LogP contribution in [0.1, 0.15) is 18.5 Å². The van der Waals surface area contributed by atoms with Crippen molar-refractivity contribution in [1.82, 2.24) is 0 Å². The van der Waals surface area contributed by atoms with Crippen LogP contribution in [0.5, 0.6) is 5.75 Å². The van der Waals surface area contributed by atoms with Crippen LogP contribution in [-0.4, -0.2) is 16.3 Å². The summed E-state index contributed by atoms with van der Waals surface area (Å²) in [5.41, 5.74) is 6.50. The van der Waals surface area contributed by atoms with E-state index in [0.29, 0.717) is 4.47 Å². The fourth-order valence-electron chi connectivity index (χ4n) is 1.01. The Morgan fingerprint density at radius 2 is 2.00 bits per heavy atom. The quantitative estimate of drug-likeness (QED) is 0.777. The van der Waals surface area contributed by atoms with E-state index in [1.165, 1.54) is 0 Å². The average molecular weight is 283 g/mol. The molecule has 3 nitrogen and oxygen atoms in total. The molecule has 5 heteroatoms. The lowest BCUT2D eigenvalue weighted by Crippen LogP contribution is -2.22. The van der Waals surface area contributed by atoms with Crippen molar-refractivity contribution in [1.29, 1.82) is 0 Å². The SMILES string of the molecule is C[C@@H](O)[C@@H](N)c1ccc(O)c(Br)c1.Cl. The van der Waals surface area contributed by atoms with Gasteiger partial charge in [0, 0.05) is 0 Å². The Morgan fingerprint density at radius 3 is 2.43 bits per heavy atom. The Kier molecular flexibility index (Phi) is 5.44. The molecule has 1 aromatic rings. The molecule has 0 unspecified atom stereocenters. The van der Waals surface area contributed by atoms with Crippen molar-refractivity contribution in [3.8, 4) is 5.75 Å². The van der Waals surface area contributed by atoms with Gasteiger partial charge in [-0.1, -0.05) is 6.07 Å². The second-order valence-corrected chi connectivity index (χ2v) is 3.83. The van der Waals surface area contributed by atoms with Gasteiger partial charge in [0.05, 0.1) is 16.6 Å². The van der Waals surface area contributed by atoms with Crippen LogP contribution in [-0.2, 0) is 0 Å². The highest BCUT2D eigenvalue weighted by Crippen LogP contribution is 2.27. The predicted octanol–water partition coefficient (Wildman–Crippen LogP) is 1.96. The molecule has 2 atom stereocenters. The summed E-state index contributed by atoms with van der Waals surface area (Å²) in [5, 5.41) is 18.4. The van der Waals surface area contributed by atoms with Crippen LogP contribution in [0.2, 0.25) is 0 Å². The molecule has 0 aromatic heterocycles. The second-order valence-electron chi connectivity index (χ2n) is 2.98. The van der Waals surface area contributed by atoms with Gasteiger partial charge in [-0.25, -0.2) is 0 Å². The first-order valence-electron chi connectivity index (χ1n) is 3.94. The van der Waals surface area contributed by atoms with E-state index >= 15 is 0 Å². The van der Waals surface area contributed by atoms with Crippen LogP contribution in [0.4, 0.5) is 0 Å². The molecule has 4 N–H and O–H groups in total. The standard InChI is InChI=1S/C9H12BrNO2.ClH/c1-5(12)9(11)6-2-3-8(13)7(10)4-6;/h2-5,9,12-13H,11H2,1H3;1H/t5-,9-;/m1./s1. The highest BCUT2D eigenvalue weighted by atomic mass is 79.9. The molecule has 14 heavy (non-hydrogen) atoms. The monoisotopic (exact) mass is 281 g/mol. The Morgan fingerprint density at radius 1 is 1.43 bits per heavy atom. The van der Waals surface area contributed by atoms with Crippen molar-refractivity contribution in [3.05, 3.63) is 28.2 Å². The largest absolute Gasteiger partial charge is 0.507 e. The van der Waals surface area contributed by atoms with Crippen LogP contribution < -0.4 is 5.73 Å².